The van der Waals surface area contributed by atoms with E-state index in [-0.39, 0.29) is 11.4 Å². The molecule has 1 aromatic rings. The average molecular weight is 274 g/mol. The van der Waals surface area contributed by atoms with E-state index >= 15 is 0 Å². The van der Waals surface area contributed by atoms with Crippen LogP contribution in [0.3, 0.4) is 0 Å². The van der Waals surface area contributed by atoms with E-state index < -0.39 is 0 Å². The zero-order valence-electron chi connectivity index (χ0n) is 13.0. The maximum absolute atomic E-state index is 11.6. The molecule has 110 valence electrons. The Hall–Kier alpha value is -1.77. The van der Waals surface area contributed by atoms with Crippen molar-refractivity contribution in [2.75, 3.05) is 6.54 Å². The minimum atomic E-state index is -0.137. The third kappa shape index (κ3) is 6.41. The van der Waals surface area contributed by atoms with Crippen molar-refractivity contribution < 1.29 is 4.79 Å². The van der Waals surface area contributed by atoms with Crippen LogP contribution in [0, 0.1) is 5.41 Å². The number of amides is 2. The number of urea groups is 1. The maximum Gasteiger partial charge on any atom is 0.318 e. The average Bonchev–Trinajstić information content (AvgIpc) is 2.41. The van der Waals surface area contributed by atoms with E-state index in [1.165, 1.54) is 5.56 Å². The van der Waals surface area contributed by atoms with E-state index in [0.717, 1.165) is 18.4 Å². The largest absolute Gasteiger partial charge is 0.338 e. The van der Waals surface area contributed by atoms with Gasteiger partial charge in [-0.15, -0.1) is 0 Å². The molecule has 0 heterocycles. The lowest BCUT2D eigenvalue weighted by Crippen LogP contribution is -2.33. The highest BCUT2D eigenvalue weighted by Gasteiger charge is 2.12. The van der Waals surface area contributed by atoms with E-state index in [4.69, 9.17) is 0 Å². The van der Waals surface area contributed by atoms with Gasteiger partial charge in [0, 0.05) is 12.7 Å². The highest BCUT2D eigenvalue weighted by Crippen LogP contribution is 2.23. The fourth-order valence-electron chi connectivity index (χ4n) is 1.58. The molecule has 0 fully saturated rings. The van der Waals surface area contributed by atoms with Crippen molar-refractivity contribution in [3.63, 3.8) is 0 Å². The molecule has 0 aliphatic heterocycles. The molecular weight excluding hydrogens is 248 g/mol. The Bertz CT molecular complexity index is 444. The standard InChI is InChI=1S/C17H26N2O/c1-14(17(2,3)4)13-19-16(20)18-12-8-11-15-9-6-5-7-10-15/h5-7,9-10,13H,8,11-12H2,1-4H3,(H2,18,19,20)/b14-13+. The molecular formula is C17H26N2O. The minimum Gasteiger partial charge on any atom is -0.338 e. The molecule has 2 amide bonds. The van der Waals surface area contributed by atoms with Crippen molar-refractivity contribution in [1.82, 2.24) is 10.6 Å². The second-order valence-corrected chi connectivity index (χ2v) is 6.07. The SMILES string of the molecule is C/C(=C\NC(=O)NCCCc1ccccc1)C(C)(C)C. The van der Waals surface area contributed by atoms with Crippen molar-refractivity contribution in [3.05, 3.63) is 47.7 Å². The van der Waals surface area contributed by atoms with Gasteiger partial charge in [-0.25, -0.2) is 4.79 Å². The van der Waals surface area contributed by atoms with Gasteiger partial charge in [0.15, 0.2) is 0 Å². The second-order valence-electron chi connectivity index (χ2n) is 6.07. The van der Waals surface area contributed by atoms with E-state index in [1.54, 1.807) is 6.20 Å². The second kappa shape index (κ2) is 7.73. The number of aryl methyl sites for hydroxylation is 1. The van der Waals surface area contributed by atoms with Gasteiger partial charge in [-0.1, -0.05) is 56.7 Å². The number of carbonyl (C=O) groups is 1. The zero-order valence-corrected chi connectivity index (χ0v) is 13.0. The van der Waals surface area contributed by atoms with Crippen LogP contribution in [0.15, 0.2) is 42.1 Å². The quantitative estimate of drug-likeness (QED) is 0.786. The van der Waals surface area contributed by atoms with Gasteiger partial charge in [0.2, 0.25) is 0 Å². The maximum atomic E-state index is 11.6. The van der Waals surface area contributed by atoms with Crippen LogP contribution < -0.4 is 10.6 Å². The Labute approximate surface area is 122 Å². The van der Waals surface area contributed by atoms with Crippen LogP contribution in [0.1, 0.15) is 39.7 Å². The number of allylic oxidation sites excluding steroid dienone is 1. The fraction of sp³-hybridized carbons (Fsp3) is 0.471. The predicted molar refractivity (Wildman–Crippen MR) is 84.5 cm³/mol. The van der Waals surface area contributed by atoms with Crippen molar-refractivity contribution >= 4 is 6.03 Å². The highest BCUT2D eigenvalue weighted by atomic mass is 16.2. The molecule has 0 radical (unpaired) electrons. The summed E-state index contributed by atoms with van der Waals surface area (Å²) in [6.45, 7) is 9.08. The van der Waals surface area contributed by atoms with E-state index in [9.17, 15) is 4.79 Å². The third-order valence-electron chi connectivity index (χ3n) is 3.37. The van der Waals surface area contributed by atoms with Gasteiger partial charge in [-0.05, 0) is 30.7 Å². The van der Waals surface area contributed by atoms with Crippen LogP contribution in [0.25, 0.3) is 0 Å². The van der Waals surface area contributed by atoms with E-state index in [0.29, 0.717) is 6.54 Å². The molecule has 0 aromatic heterocycles. The van der Waals surface area contributed by atoms with Crippen LogP contribution in [0.2, 0.25) is 0 Å². The first-order chi connectivity index (χ1) is 9.39. The molecule has 0 unspecified atom stereocenters. The first kappa shape index (κ1) is 16.3. The third-order valence-corrected chi connectivity index (χ3v) is 3.37. The first-order valence-corrected chi connectivity index (χ1v) is 7.15. The van der Waals surface area contributed by atoms with Crippen molar-refractivity contribution in [2.24, 2.45) is 5.41 Å². The molecule has 1 aromatic carbocycles. The summed E-state index contributed by atoms with van der Waals surface area (Å²) in [5.74, 6) is 0. The molecule has 0 bridgehead atoms. The first-order valence-electron chi connectivity index (χ1n) is 7.15. The Balaban J connectivity index is 2.21. The lowest BCUT2D eigenvalue weighted by atomic mass is 9.88. The Morgan fingerprint density at radius 2 is 1.85 bits per heavy atom. The van der Waals surface area contributed by atoms with Crippen molar-refractivity contribution in [2.45, 2.75) is 40.5 Å². The van der Waals surface area contributed by atoms with Crippen LogP contribution in [-0.4, -0.2) is 12.6 Å². The molecule has 20 heavy (non-hydrogen) atoms. The van der Waals surface area contributed by atoms with Gasteiger partial charge < -0.3 is 10.6 Å². The predicted octanol–water partition coefficient (Wildman–Crippen LogP) is 3.87. The molecule has 2 N–H and O–H groups in total. The Morgan fingerprint density at radius 3 is 2.45 bits per heavy atom. The van der Waals surface area contributed by atoms with Gasteiger partial charge >= 0.3 is 6.03 Å². The Morgan fingerprint density at radius 1 is 1.20 bits per heavy atom. The van der Waals surface area contributed by atoms with Gasteiger partial charge in [0.1, 0.15) is 0 Å². The lowest BCUT2D eigenvalue weighted by molar-refractivity contribution is 0.244. The number of hydrogen-bond donors (Lipinski definition) is 2. The minimum absolute atomic E-state index is 0.0839. The van der Waals surface area contributed by atoms with Gasteiger partial charge in [0.05, 0.1) is 0 Å². The number of rotatable bonds is 5. The van der Waals surface area contributed by atoms with Gasteiger partial charge in [-0.3, -0.25) is 0 Å². The number of nitrogens with one attached hydrogen (secondary N) is 2. The summed E-state index contributed by atoms with van der Waals surface area (Å²) in [5.41, 5.74) is 2.54. The Kier molecular flexibility index (Phi) is 6.29. The molecule has 0 spiro atoms. The lowest BCUT2D eigenvalue weighted by Gasteiger charge is -2.19. The van der Waals surface area contributed by atoms with Crippen LogP contribution in [0.4, 0.5) is 4.79 Å². The van der Waals surface area contributed by atoms with Crippen molar-refractivity contribution in [3.8, 4) is 0 Å². The summed E-state index contributed by atoms with van der Waals surface area (Å²) in [6.07, 6.45) is 3.71. The summed E-state index contributed by atoms with van der Waals surface area (Å²) in [7, 11) is 0. The summed E-state index contributed by atoms with van der Waals surface area (Å²) in [5, 5.41) is 5.64. The number of benzene rings is 1. The molecule has 0 aliphatic carbocycles. The topological polar surface area (TPSA) is 41.1 Å². The molecule has 0 atom stereocenters. The summed E-state index contributed by atoms with van der Waals surface area (Å²) in [6, 6.07) is 10.2. The van der Waals surface area contributed by atoms with E-state index in [1.807, 2.05) is 25.1 Å². The fourth-order valence-corrected chi connectivity index (χ4v) is 1.58. The molecule has 3 nitrogen and oxygen atoms in total. The molecule has 1 rings (SSSR count). The molecule has 0 saturated carbocycles. The number of carbonyl (C=O) groups excluding carboxylic acids is 1. The van der Waals surface area contributed by atoms with Gasteiger partial charge in [0.25, 0.3) is 0 Å². The smallest absolute Gasteiger partial charge is 0.318 e. The van der Waals surface area contributed by atoms with Crippen LogP contribution in [0.5, 0.6) is 0 Å². The monoisotopic (exact) mass is 274 g/mol. The zero-order chi connectivity index (χ0) is 15.0. The molecule has 3 heteroatoms. The molecule has 0 saturated heterocycles. The normalized spacial score (nSPS) is 12.1. The van der Waals surface area contributed by atoms with E-state index in [2.05, 4.69) is 43.5 Å². The summed E-state index contributed by atoms with van der Waals surface area (Å²) >= 11 is 0. The van der Waals surface area contributed by atoms with Crippen LogP contribution >= 0.6 is 0 Å². The molecule has 0 aliphatic rings. The summed E-state index contributed by atoms with van der Waals surface area (Å²) < 4.78 is 0. The van der Waals surface area contributed by atoms with Crippen molar-refractivity contribution in [1.29, 1.82) is 0 Å². The summed E-state index contributed by atoms with van der Waals surface area (Å²) in [4.78, 5) is 11.6. The van der Waals surface area contributed by atoms with Crippen LogP contribution in [-0.2, 0) is 6.42 Å². The van der Waals surface area contributed by atoms with Gasteiger partial charge in [-0.2, -0.15) is 0 Å². The number of hydrogen-bond acceptors (Lipinski definition) is 1. The highest BCUT2D eigenvalue weighted by molar-refractivity contribution is 5.74.